The number of halogens is 1. The third-order valence-electron chi connectivity index (χ3n) is 2.69. The van der Waals surface area contributed by atoms with Crippen LogP contribution in [0.2, 0.25) is 0 Å². The van der Waals surface area contributed by atoms with Crippen LogP contribution in [0.5, 0.6) is 5.88 Å². The minimum atomic E-state index is -0.948. The normalized spacial score (nSPS) is 25.1. The van der Waals surface area contributed by atoms with Gasteiger partial charge >= 0.3 is 0 Å². The minimum Gasteiger partial charge on any atom is -0.469 e. The van der Waals surface area contributed by atoms with Crippen LogP contribution in [0.25, 0.3) is 10.1 Å². The lowest BCUT2D eigenvalue weighted by Gasteiger charge is -2.14. The van der Waals surface area contributed by atoms with E-state index in [1.807, 2.05) is 17.5 Å². The number of nitrogens with one attached hydrogen (secondary N) is 1. The van der Waals surface area contributed by atoms with Crippen molar-refractivity contribution in [3.8, 4) is 5.88 Å². The molecule has 0 radical (unpaired) electrons. The van der Waals surface area contributed by atoms with Gasteiger partial charge in [0.25, 0.3) is 0 Å². The zero-order chi connectivity index (χ0) is 11.0. The standard InChI is InChI=1S/C11H11FN2OS/c12-8-5-13-6-9(8)15-11-7-2-4-16-10(7)1-3-14-11/h1-4,8-9,13H,5-6H2. The summed E-state index contributed by atoms with van der Waals surface area (Å²) in [5.41, 5.74) is 0. The second-order valence-electron chi connectivity index (χ2n) is 3.78. The first kappa shape index (κ1) is 9.99. The van der Waals surface area contributed by atoms with Gasteiger partial charge in [-0.3, -0.25) is 0 Å². The van der Waals surface area contributed by atoms with E-state index in [-0.39, 0.29) is 0 Å². The van der Waals surface area contributed by atoms with E-state index >= 15 is 0 Å². The molecule has 2 aromatic heterocycles. The molecule has 0 bridgehead atoms. The van der Waals surface area contributed by atoms with Gasteiger partial charge in [-0.25, -0.2) is 9.37 Å². The van der Waals surface area contributed by atoms with Crippen molar-refractivity contribution in [1.29, 1.82) is 0 Å². The molecule has 16 heavy (non-hydrogen) atoms. The molecule has 0 spiro atoms. The SMILES string of the molecule is FC1CNCC1Oc1nccc2sccc12. The summed E-state index contributed by atoms with van der Waals surface area (Å²) in [4.78, 5) is 4.17. The first-order valence-electron chi connectivity index (χ1n) is 5.18. The molecule has 3 heterocycles. The monoisotopic (exact) mass is 238 g/mol. The van der Waals surface area contributed by atoms with E-state index in [1.54, 1.807) is 17.5 Å². The summed E-state index contributed by atoms with van der Waals surface area (Å²) in [6.07, 6.45) is 0.331. The number of fused-ring (bicyclic) bond motifs is 1. The molecule has 0 aromatic carbocycles. The predicted octanol–water partition coefficient (Wildman–Crippen LogP) is 1.98. The number of thiophene rings is 1. The highest BCUT2D eigenvalue weighted by molar-refractivity contribution is 7.17. The Morgan fingerprint density at radius 3 is 3.19 bits per heavy atom. The van der Waals surface area contributed by atoms with Gasteiger partial charge in [-0.15, -0.1) is 11.3 Å². The number of pyridine rings is 1. The fourth-order valence-electron chi connectivity index (χ4n) is 1.84. The van der Waals surface area contributed by atoms with Crippen molar-refractivity contribution in [2.75, 3.05) is 13.1 Å². The van der Waals surface area contributed by atoms with Crippen molar-refractivity contribution >= 4 is 21.4 Å². The van der Waals surface area contributed by atoms with Gasteiger partial charge < -0.3 is 10.1 Å². The van der Waals surface area contributed by atoms with Crippen LogP contribution in [-0.2, 0) is 0 Å². The third-order valence-corrected chi connectivity index (χ3v) is 3.58. The molecular weight excluding hydrogens is 227 g/mol. The maximum absolute atomic E-state index is 13.4. The Morgan fingerprint density at radius 1 is 1.44 bits per heavy atom. The van der Waals surface area contributed by atoms with Crippen molar-refractivity contribution in [3.05, 3.63) is 23.7 Å². The number of hydrogen-bond acceptors (Lipinski definition) is 4. The van der Waals surface area contributed by atoms with Crippen LogP contribution in [0, 0.1) is 0 Å². The molecule has 2 unspecified atom stereocenters. The molecule has 1 N–H and O–H groups in total. The number of rotatable bonds is 2. The van der Waals surface area contributed by atoms with Gasteiger partial charge in [0.1, 0.15) is 6.10 Å². The van der Waals surface area contributed by atoms with Gasteiger partial charge in [-0.2, -0.15) is 0 Å². The highest BCUT2D eigenvalue weighted by atomic mass is 32.1. The van der Waals surface area contributed by atoms with Gasteiger partial charge in [0.05, 0.1) is 5.39 Å². The molecule has 2 aromatic rings. The van der Waals surface area contributed by atoms with E-state index < -0.39 is 12.3 Å². The van der Waals surface area contributed by atoms with Crippen LogP contribution in [0.3, 0.4) is 0 Å². The van der Waals surface area contributed by atoms with Crippen molar-refractivity contribution in [2.24, 2.45) is 0 Å². The fraction of sp³-hybridized carbons (Fsp3) is 0.364. The summed E-state index contributed by atoms with van der Waals surface area (Å²) >= 11 is 1.63. The van der Waals surface area contributed by atoms with Gasteiger partial charge in [-0.1, -0.05) is 0 Å². The Hall–Kier alpha value is -1.20. The van der Waals surface area contributed by atoms with Gasteiger partial charge in [0.15, 0.2) is 6.17 Å². The first-order valence-corrected chi connectivity index (χ1v) is 6.06. The maximum Gasteiger partial charge on any atom is 0.222 e. The molecule has 3 rings (SSSR count). The van der Waals surface area contributed by atoms with E-state index in [1.165, 1.54) is 0 Å². The van der Waals surface area contributed by atoms with Crippen LogP contribution >= 0.6 is 11.3 Å². The van der Waals surface area contributed by atoms with E-state index in [2.05, 4.69) is 10.3 Å². The Morgan fingerprint density at radius 2 is 2.38 bits per heavy atom. The topological polar surface area (TPSA) is 34.1 Å². The van der Waals surface area contributed by atoms with Gasteiger partial charge in [-0.05, 0) is 17.5 Å². The third kappa shape index (κ3) is 1.66. The Bertz CT molecular complexity index is 501. The van der Waals surface area contributed by atoms with Crippen LogP contribution in [-0.4, -0.2) is 30.3 Å². The highest BCUT2D eigenvalue weighted by Crippen LogP contribution is 2.28. The average Bonchev–Trinajstić information content (AvgIpc) is 2.89. The largest absolute Gasteiger partial charge is 0.469 e. The summed E-state index contributed by atoms with van der Waals surface area (Å²) < 4.78 is 20.1. The molecule has 0 aliphatic carbocycles. The second-order valence-corrected chi connectivity index (χ2v) is 4.73. The van der Waals surface area contributed by atoms with Gasteiger partial charge in [0.2, 0.25) is 5.88 Å². The molecule has 2 atom stereocenters. The molecule has 1 aliphatic heterocycles. The van der Waals surface area contributed by atoms with Crippen LogP contribution in [0.1, 0.15) is 0 Å². The lowest BCUT2D eigenvalue weighted by molar-refractivity contribution is 0.136. The smallest absolute Gasteiger partial charge is 0.222 e. The van der Waals surface area contributed by atoms with Crippen LogP contribution in [0.15, 0.2) is 23.7 Å². The second kappa shape index (κ2) is 3.99. The predicted molar refractivity (Wildman–Crippen MR) is 61.8 cm³/mol. The molecule has 1 saturated heterocycles. The molecule has 0 amide bonds. The number of aromatic nitrogens is 1. The summed E-state index contributed by atoms with van der Waals surface area (Å²) in [5.74, 6) is 0.537. The zero-order valence-corrected chi connectivity index (χ0v) is 9.34. The van der Waals surface area contributed by atoms with E-state index in [4.69, 9.17) is 4.74 Å². The number of alkyl halides is 1. The lowest BCUT2D eigenvalue weighted by Crippen LogP contribution is -2.27. The lowest BCUT2D eigenvalue weighted by atomic mass is 10.3. The zero-order valence-electron chi connectivity index (χ0n) is 8.52. The average molecular weight is 238 g/mol. The van der Waals surface area contributed by atoms with Gasteiger partial charge in [0, 0.05) is 24.0 Å². The molecule has 5 heteroatoms. The highest BCUT2D eigenvalue weighted by Gasteiger charge is 2.29. The molecular formula is C11H11FN2OS. The van der Waals surface area contributed by atoms with Crippen molar-refractivity contribution in [2.45, 2.75) is 12.3 Å². The molecule has 1 fully saturated rings. The number of nitrogens with zero attached hydrogens (tertiary/aromatic N) is 1. The van der Waals surface area contributed by atoms with Crippen molar-refractivity contribution in [1.82, 2.24) is 10.3 Å². The van der Waals surface area contributed by atoms with E-state index in [0.717, 1.165) is 10.1 Å². The number of hydrogen-bond donors (Lipinski definition) is 1. The molecule has 3 nitrogen and oxygen atoms in total. The van der Waals surface area contributed by atoms with Crippen LogP contribution < -0.4 is 10.1 Å². The minimum absolute atomic E-state index is 0.365. The Kier molecular flexibility index (Phi) is 2.49. The summed E-state index contributed by atoms with van der Waals surface area (Å²) in [6, 6.07) is 3.89. The van der Waals surface area contributed by atoms with E-state index in [9.17, 15) is 4.39 Å². The molecule has 1 aliphatic rings. The van der Waals surface area contributed by atoms with Crippen molar-refractivity contribution < 1.29 is 9.13 Å². The molecule has 84 valence electrons. The summed E-state index contributed by atoms with van der Waals surface area (Å²) in [7, 11) is 0. The van der Waals surface area contributed by atoms with Crippen LogP contribution in [0.4, 0.5) is 4.39 Å². The maximum atomic E-state index is 13.4. The fourth-order valence-corrected chi connectivity index (χ4v) is 2.62. The van der Waals surface area contributed by atoms with E-state index in [0.29, 0.717) is 19.0 Å². The summed E-state index contributed by atoms with van der Waals surface area (Å²) in [5, 5.41) is 5.91. The summed E-state index contributed by atoms with van der Waals surface area (Å²) in [6.45, 7) is 0.910. The molecule has 0 saturated carbocycles. The quantitative estimate of drug-likeness (QED) is 0.868. The Labute approximate surface area is 96.3 Å². The number of ether oxygens (including phenoxy) is 1. The van der Waals surface area contributed by atoms with Crippen molar-refractivity contribution in [3.63, 3.8) is 0 Å². The Balaban J connectivity index is 1.91. The first-order chi connectivity index (χ1) is 7.84.